The molecule has 0 spiro atoms. The van der Waals surface area contributed by atoms with Crippen molar-refractivity contribution in [2.45, 2.75) is 0 Å². The molecular formula is C12H15NO4S. The fourth-order valence-corrected chi connectivity index (χ4v) is 3.02. The number of nitrogens with zero attached hydrogens (tertiary/aromatic N) is 1. The standard InChI is InChI=1S/C12H15NO4S/c14-12(17-11-4-2-1-3-5-11)10-13-6-8-18(15,16)9-7-13/h1-5H,6-10H2. The van der Waals surface area contributed by atoms with Gasteiger partial charge in [0.05, 0.1) is 18.1 Å². The van der Waals surface area contributed by atoms with E-state index in [1.807, 2.05) is 6.07 Å². The molecule has 1 heterocycles. The van der Waals surface area contributed by atoms with E-state index in [0.29, 0.717) is 18.8 Å². The minimum Gasteiger partial charge on any atom is -0.426 e. The summed E-state index contributed by atoms with van der Waals surface area (Å²) in [6, 6.07) is 8.83. The zero-order valence-electron chi connectivity index (χ0n) is 9.91. The average Bonchev–Trinajstić information content (AvgIpc) is 2.33. The van der Waals surface area contributed by atoms with Crippen molar-refractivity contribution in [1.82, 2.24) is 4.90 Å². The smallest absolute Gasteiger partial charge is 0.325 e. The Morgan fingerprint density at radius 2 is 1.78 bits per heavy atom. The predicted molar refractivity (Wildman–Crippen MR) is 67.2 cm³/mol. The maximum Gasteiger partial charge on any atom is 0.325 e. The van der Waals surface area contributed by atoms with Crippen LogP contribution < -0.4 is 4.74 Å². The number of ether oxygens (including phenoxy) is 1. The SMILES string of the molecule is O=C(CN1CCS(=O)(=O)CC1)Oc1ccccc1. The molecule has 0 N–H and O–H groups in total. The summed E-state index contributed by atoms with van der Waals surface area (Å²) >= 11 is 0. The fraction of sp³-hybridized carbons (Fsp3) is 0.417. The van der Waals surface area contributed by atoms with Crippen molar-refractivity contribution >= 4 is 15.8 Å². The molecule has 1 aromatic carbocycles. The molecule has 6 heteroatoms. The number of rotatable bonds is 3. The minimum absolute atomic E-state index is 0.117. The van der Waals surface area contributed by atoms with Gasteiger partial charge in [-0.05, 0) is 12.1 Å². The third-order valence-electron chi connectivity index (χ3n) is 2.76. The van der Waals surface area contributed by atoms with Gasteiger partial charge in [0.15, 0.2) is 9.84 Å². The summed E-state index contributed by atoms with van der Waals surface area (Å²) in [5.74, 6) is 0.379. The van der Waals surface area contributed by atoms with E-state index in [9.17, 15) is 13.2 Å². The van der Waals surface area contributed by atoms with Gasteiger partial charge in [0.1, 0.15) is 5.75 Å². The number of hydrogen-bond donors (Lipinski definition) is 0. The second kappa shape index (κ2) is 5.49. The third-order valence-corrected chi connectivity index (χ3v) is 4.37. The number of sulfone groups is 1. The van der Waals surface area contributed by atoms with Gasteiger partial charge in [0, 0.05) is 13.1 Å². The van der Waals surface area contributed by atoms with E-state index in [-0.39, 0.29) is 24.0 Å². The predicted octanol–water partition coefficient (Wildman–Crippen LogP) is 0.322. The number of carbonyl (C=O) groups excluding carboxylic acids is 1. The van der Waals surface area contributed by atoms with Crippen LogP contribution in [0.5, 0.6) is 5.75 Å². The van der Waals surface area contributed by atoms with E-state index >= 15 is 0 Å². The Hall–Kier alpha value is -1.40. The van der Waals surface area contributed by atoms with Gasteiger partial charge in [-0.3, -0.25) is 9.69 Å². The Morgan fingerprint density at radius 3 is 2.39 bits per heavy atom. The van der Waals surface area contributed by atoms with E-state index in [4.69, 9.17) is 4.74 Å². The summed E-state index contributed by atoms with van der Waals surface area (Å²) in [6.07, 6.45) is 0. The lowest BCUT2D eigenvalue weighted by Crippen LogP contribution is -2.43. The second-order valence-electron chi connectivity index (χ2n) is 4.22. The molecule has 1 fully saturated rings. The maximum atomic E-state index is 11.6. The summed E-state index contributed by atoms with van der Waals surface area (Å²) in [7, 11) is -2.90. The van der Waals surface area contributed by atoms with Crippen LogP contribution >= 0.6 is 0 Å². The quantitative estimate of drug-likeness (QED) is 0.584. The highest BCUT2D eigenvalue weighted by Crippen LogP contribution is 2.09. The van der Waals surface area contributed by atoms with Crippen LogP contribution in [0.4, 0.5) is 0 Å². The Labute approximate surface area is 106 Å². The zero-order chi connectivity index (χ0) is 13.0. The lowest BCUT2D eigenvalue weighted by atomic mass is 10.3. The van der Waals surface area contributed by atoms with E-state index < -0.39 is 9.84 Å². The molecule has 0 radical (unpaired) electrons. The van der Waals surface area contributed by atoms with Gasteiger partial charge in [0.25, 0.3) is 0 Å². The van der Waals surface area contributed by atoms with E-state index in [0.717, 1.165) is 0 Å². The molecule has 0 bridgehead atoms. The molecule has 0 unspecified atom stereocenters. The molecule has 1 aliphatic heterocycles. The molecule has 1 saturated heterocycles. The first kappa shape index (κ1) is 13.0. The van der Waals surface area contributed by atoms with Gasteiger partial charge in [-0.1, -0.05) is 18.2 Å². The van der Waals surface area contributed by atoms with Crippen LogP contribution in [-0.2, 0) is 14.6 Å². The first-order chi connectivity index (χ1) is 8.55. The monoisotopic (exact) mass is 269 g/mol. The topological polar surface area (TPSA) is 63.7 Å². The number of benzene rings is 1. The molecule has 18 heavy (non-hydrogen) atoms. The van der Waals surface area contributed by atoms with Gasteiger partial charge >= 0.3 is 5.97 Å². The Balaban J connectivity index is 1.82. The van der Waals surface area contributed by atoms with Crippen molar-refractivity contribution in [2.24, 2.45) is 0 Å². The minimum atomic E-state index is -2.90. The van der Waals surface area contributed by atoms with Crippen LogP contribution in [0.15, 0.2) is 30.3 Å². The largest absolute Gasteiger partial charge is 0.426 e. The summed E-state index contributed by atoms with van der Waals surface area (Å²) in [4.78, 5) is 13.4. The number of para-hydroxylation sites is 1. The van der Waals surface area contributed by atoms with Gasteiger partial charge in [0.2, 0.25) is 0 Å². The summed E-state index contributed by atoms with van der Waals surface area (Å²) < 4.78 is 27.6. The van der Waals surface area contributed by atoms with Crippen molar-refractivity contribution in [3.63, 3.8) is 0 Å². The molecule has 0 amide bonds. The highest BCUT2D eigenvalue weighted by Gasteiger charge is 2.23. The molecule has 0 saturated carbocycles. The van der Waals surface area contributed by atoms with Gasteiger partial charge in [-0.2, -0.15) is 0 Å². The first-order valence-electron chi connectivity index (χ1n) is 5.74. The van der Waals surface area contributed by atoms with Crippen LogP contribution in [0.1, 0.15) is 0 Å². The number of hydrogen-bond acceptors (Lipinski definition) is 5. The van der Waals surface area contributed by atoms with E-state index in [2.05, 4.69) is 0 Å². The third kappa shape index (κ3) is 3.82. The lowest BCUT2D eigenvalue weighted by molar-refractivity contribution is -0.135. The molecule has 2 rings (SSSR count). The average molecular weight is 269 g/mol. The molecule has 98 valence electrons. The number of esters is 1. The maximum absolute atomic E-state index is 11.6. The van der Waals surface area contributed by atoms with Crippen LogP contribution in [0.3, 0.4) is 0 Å². The Bertz CT molecular complexity index is 498. The normalized spacial score (nSPS) is 19.3. The van der Waals surface area contributed by atoms with Crippen molar-refractivity contribution in [3.8, 4) is 5.75 Å². The van der Waals surface area contributed by atoms with Crippen LogP contribution in [0, 0.1) is 0 Å². The van der Waals surface area contributed by atoms with Crippen LogP contribution in [0.2, 0.25) is 0 Å². The molecular weight excluding hydrogens is 254 g/mol. The Kier molecular flexibility index (Phi) is 3.98. The summed E-state index contributed by atoms with van der Waals surface area (Å²) in [5.41, 5.74) is 0. The van der Waals surface area contributed by atoms with Crippen LogP contribution in [0.25, 0.3) is 0 Å². The second-order valence-corrected chi connectivity index (χ2v) is 6.52. The highest BCUT2D eigenvalue weighted by atomic mass is 32.2. The Morgan fingerprint density at radius 1 is 1.17 bits per heavy atom. The molecule has 1 aromatic rings. The summed E-state index contributed by atoms with van der Waals surface area (Å²) in [5, 5.41) is 0. The lowest BCUT2D eigenvalue weighted by Gasteiger charge is -2.25. The van der Waals surface area contributed by atoms with E-state index in [1.54, 1.807) is 29.2 Å². The van der Waals surface area contributed by atoms with Crippen molar-refractivity contribution < 1.29 is 17.9 Å². The van der Waals surface area contributed by atoms with Gasteiger partial charge in [-0.25, -0.2) is 8.42 Å². The zero-order valence-corrected chi connectivity index (χ0v) is 10.7. The molecule has 5 nitrogen and oxygen atoms in total. The molecule has 0 aliphatic carbocycles. The van der Waals surface area contributed by atoms with Crippen molar-refractivity contribution in [3.05, 3.63) is 30.3 Å². The first-order valence-corrected chi connectivity index (χ1v) is 7.56. The molecule has 1 aliphatic rings. The van der Waals surface area contributed by atoms with Gasteiger partial charge < -0.3 is 4.74 Å². The molecule has 0 atom stereocenters. The van der Waals surface area contributed by atoms with Crippen LogP contribution in [-0.4, -0.2) is 50.4 Å². The fourth-order valence-electron chi connectivity index (χ4n) is 1.74. The van der Waals surface area contributed by atoms with Crippen molar-refractivity contribution in [1.29, 1.82) is 0 Å². The number of carbonyl (C=O) groups is 1. The van der Waals surface area contributed by atoms with E-state index in [1.165, 1.54) is 0 Å². The van der Waals surface area contributed by atoms with Crippen molar-refractivity contribution in [2.75, 3.05) is 31.1 Å². The highest BCUT2D eigenvalue weighted by molar-refractivity contribution is 7.91. The van der Waals surface area contributed by atoms with Gasteiger partial charge in [-0.15, -0.1) is 0 Å². The molecule has 0 aromatic heterocycles. The summed E-state index contributed by atoms with van der Waals surface area (Å²) in [6.45, 7) is 0.920.